The number of aryl methyl sites for hydroxylation is 2. The average Bonchev–Trinajstić information content (AvgIpc) is 2.67. The lowest BCUT2D eigenvalue weighted by Gasteiger charge is -2.07. The number of nitrogens with one attached hydrogen (secondary N) is 1. The molecule has 0 amide bonds. The zero-order chi connectivity index (χ0) is 15.8. The molecule has 9 heteroatoms. The van der Waals surface area contributed by atoms with Crippen LogP contribution >= 0.6 is 23.6 Å². The van der Waals surface area contributed by atoms with Crippen molar-refractivity contribution < 1.29 is 12.8 Å². The zero-order valence-corrected chi connectivity index (χ0v) is 13.6. The summed E-state index contributed by atoms with van der Waals surface area (Å²) < 4.78 is 40.4. The van der Waals surface area contributed by atoms with Crippen molar-refractivity contribution in [3.05, 3.63) is 40.2 Å². The summed E-state index contributed by atoms with van der Waals surface area (Å²) in [6.45, 7) is 3.63. The normalized spacial score (nSPS) is 11.4. The molecule has 0 fully saturated rings. The summed E-state index contributed by atoms with van der Waals surface area (Å²) in [5, 5.41) is 0.256. The zero-order valence-electron chi connectivity index (χ0n) is 11.2. The summed E-state index contributed by atoms with van der Waals surface area (Å²) in [5.74, 6) is -0.664. The highest BCUT2D eigenvalue weighted by Gasteiger charge is 2.19. The topological polar surface area (TPSA) is 85.1 Å². The Morgan fingerprint density at radius 3 is 2.62 bits per heavy atom. The number of hydrogen-bond donors (Lipinski definition) is 2. The molecule has 0 saturated heterocycles. The molecule has 0 atom stereocenters. The van der Waals surface area contributed by atoms with Gasteiger partial charge in [0.15, 0.2) is 5.13 Å². The van der Waals surface area contributed by atoms with Gasteiger partial charge in [-0.05, 0) is 32.0 Å². The minimum atomic E-state index is -3.87. The van der Waals surface area contributed by atoms with E-state index in [0.29, 0.717) is 0 Å². The predicted molar refractivity (Wildman–Crippen MR) is 84.7 cm³/mol. The summed E-state index contributed by atoms with van der Waals surface area (Å²) in [6, 6.07) is 3.27. The van der Waals surface area contributed by atoms with Gasteiger partial charge < -0.3 is 5.73 Å². The smallest absolute Gasteiger partial charge is 0.263 e. The fourth-order valence-electron chi connectivity index (χ4n) is 1.55. The Kier molecular flexibility index (Phi) is 4.26. The number of nitrogens with zero attached hydrogens (tertiary/aromatic N) is 1. The number of aromatic nitrogens is 1. The van der Waals surface area contributed by atoms with Crippen LogP contribution in [0.3, 0.4) is 0 Å². The van der Waals surface area contributed by atoms with Gasteiger partial charge in [-0.3, -0.25) is 4.72 Å². The number of thiazole rings is 1. The summed E-state index contributed by atoms with van der Waals surface area (Å²) >= 11 is 5.92. The van der Waals surface area contributed by atoms with Gasteiger partial charge in [0.25, 0.3) is 10.0 Å². The molecule has 0 spiro atoms. The molecule has 0 saturated carbocycles. The number of hydrogen-bond acceptors (Lipinski definition) is 5. The number of thiocarbonyl (C=S) groups is 1. The van der Waals surface area contributed by atoms with E-state index in [1.807, 2.05) is 6.92 Å². The Morgan fingerprint density at radius 2 is 2.10 bits per heavy atom. The first-order valence-electron chi connectivity index (χ1n) is 5.77. The standard InChI is InChI=1S/C12H12FN3O2S3/c1-6-7(2)20-12(15-6)16-21(17,18)8-3-4-10(13)9(5-8)11(14)19/h3-5H,1-2H3,(H2,14,19)(H,15,16). The maximum absolute atomic E-state index is 13.5. The molecule has 1 aromatic heterocycles. The lowest BCUT2D eigenvalue weighted by molar-refractivity contribution is 0.599. The minimum Gasteiger partial charge on any atom is -0.389 e. The van der Waals surface area contributed by atoms with E-state index in [-0.39, 0.29) is 20.6 Å². The molecular weight excluding hydrogens is 333 g/mol. The maximum atomic E-state index is 13.5. The average molecular weight is 345 g/mol. The highest BCUT2D eigenvalue weighted by Crippen LogP contribution is 2.24. The first-order chi connectivity index (χ1) is 9.70. The van der Waals surface area contributed by atoms with Gasteiger partial charge >= 0.3 is 0 Å². The Hall–Kier alpha value is -1.58. The third-order valence-electron chi connectivity index (χ3n) is 2.76. The summed E-state index contributed by atoms with van der Waals surface area (Å²) in [5.41, 5.74) is 6.01. The first kappa shape index (κ1) is 15.8. The Labute approximate surface area is 131 Å². The number of sulfonamides is 1. The second-order valence-electron chi connectivity index (χ2n) is 4.27. The molecule has 0 bridgehead atoms. The lowest BCUT2D eigenvalue weighted by Crippen LogP contribution is -2.16. The van der Waals surface area contributed by atoms with Crippen molar-refractivity contribution in [2.75, 3.05) is 4.72 Å². The molecule has 1 aromatic carbocycles. The maximum Gasteiger partial charge on any atom is 0.263 e. The van der Waals surface area contributed by atoms with Crippen molar-refractivity contribution in [1.29, 1.82) is 0 Å². The molecular formula is C12H12FN3O2S3. The van der Waals surface area contributed by atoms with Crippen LogP contribution in [0.5, 0.6) is 0 Å². The molecule has 0 aliphatic rings. The molecule has 0 unspecified atom stereocenters. The minimum absolute atomic E-state index is 0.112. The molecule has 21 heavy (non-hydrogen) atoms. The van der Waals surface area contributed by atoms with E-state index >= 15 is 0 Å². The highest BCUT2D eigenvalue weighted by atomic mass is 32.2. The van der Waals surface area contributed by atoms with Crippen molar-refractivity contribution in [2.24, 2.45) is 5.73 Å². The quantitative estimate of drug-likeness (QED) is 0.831. The van der Waals surface area contributed by atoms with E-state index in [4.69, 9.17) is 18.0 Å². The molecule has 2 rings (SSSR count). The van der Waals surface area contributed by atoms with Gasteiger partial charge in [-0.15, -0.1) is 11.3 Å². The molecule has 0 aliphatic heterocycles. The van der Waals surface area contributed by atoms with Gasteiger partial charge in [0, 0.05) is 10.4 Å². The molecule has 5 nitrogen and oxygen atoms in total. The Balaban J connectivity index is 2.40. The number of anilines is 1. The highest BCUT2D eigenvalue weighted by molar-refractivity contribution is 7.93. The third-order valence-corrected chi connectivity index (χ3v) is 5.44. The van der Waals surface area contributed by atoms with Crippen LogP contribution in [0.1, 0.15) is 16.1 Å². The Bertz CT molecular complexity index is 796. The van der Waals surface area contributed by atoms with Crippen LogP contribution in [0.25, 0.3) is 0 Å². The Morgan fingerprint density at radius 1 is 1.43 bits per heavy atom. The summed E-state index contributed by atoms with van der Waals surface area (Å²) in [7, 11) is -3.87. The van der Waals surface area contributed by atoms with Crippen LogP contribution in [0.4, 0.5) is 9.52 Å². The largest absolute Gasteiger partial charge is 0.389 e. The van der Waals surface area contributed by atoms with Crippen molar-refractivity contribution in [3.8, 4) is 0 Å². The van der Waals surface area contributed by atoms with Crippen LogP contribution in [-0.4, -0.2) is 18.4 Å². The molecule has 0 radical (unpaired) electrons. The number of rotatable bonds is 4. The van der Waals surface area contributed by atoms with Crippen molar-refractivity contribution in [2.45, 2.75) is 18.7 Å². The number of benzene rings is 1. The van der Waals surface area contributed by atoms with Crippen LogP contribution < -0.4 is 10.5 Å². The monoisotopic (exact) mass is 345 g/mol. The fraction of sp³-hybridized carbons (Fsp3) is 0.167. The van der Waals surface area contributed by atoms with Crippen molar-refractivity contribution in [1.82, 2.24) is 4.98 Å². The van der Waals surface area contributed by atoms with E-state index in [1.165, 1.54) is 11.3 Å². The van der Waals surface area contributed by atoms with Gasteiger partial charge in [-0.2, -0.15) is 0 Å². The van der Waals surface area contributed by atoms with Crippen LogP contribution in [0.15, 0.2) is 23.1 Å². The van der Waals surface area contributed by atoms with Gasteiger partial charge in [0.05, 0.1) is 10.6 Å². The van der Waals surface area contributed by atoms with Crippen LogP contribution in [-0.2, 0) is 10.0 Å². The number of halogens is 1. The van der Waals surface area contributed by atoms with E-state index in [0.717, 1.165) is 28.8 Å². The number of nitrogens with two attached hydrogens (primary N) is 1. The molecule has 1 heterocycles. The van der Waals surface area contributed by atoms with Crippen molar-refractivity contribution in [3.63, 3.8) is 0 Å². The van der Waals surface area contributed by atoms with Crippen LogP contribution in [0, 0.1) is 19.7 Å². The van der Waals surface area contributed by atoms with E-state index in [1.54, 1.807) is 6.92 Å². The van der Waals surface area contributed by atoms with Gasteiger partial charge in [0.1, 0.15) is 10.8 Å². The first-order valence-corrected chi connectivity index (χ1v) is 8.47. The fourth-order valence-corrected chi connectivity index (χ4v) is 3.78. The second-order valence-corrected chi connectivity index (χ2v) is 7.60. The van der Waals surface area contributed by atoms with Gasteiger partial charge in [-0.1, -0.05) is 12.2 Å². The summed E-state index contributed by atoms with van der Waals surface area (Å²) in [4.78, 5) is 4.68. The third kappa shape index (κ3) is 3.36. The summed E-state index contributed by atoms with van der Waals surface area (Å²) in [6.07, 6.45) is 0. The molecule has 2 aromatic rings. The van der Waals surface area contributed by atoms with Gasteiger partial charge in [-0.25, -0.2) is 17.8 Å². The van der Waals surface area contributed by atoms with Crippen LogP contribution in [0.2, 0.25) is 0 Å². The molecule has 0 aliphatic carbocycles. The van der Waals surface area contributed by atoms with Gasteiger partial charge in [0.2, 0.25) is 0 Å². The SMILES string of the molecule is Cc1nc(NS(=O)(=O)c2ccc(F)c(C(N)=S)c2)sc1C. The van der Waals surface area contributed by atoms with E-state index < -0.39 is 15.8 Å². The second kappa shape index (κ2) is 5.66. The van der Waals surface area contributed by atoms with E-state index in [9.17, 15) is 12.8 Å². The molecule has 3 N–H and O–H groups in total. The van der Waals surface area contributed by atoms with Crippen molar-refractivity contribution >= 4 is 43.7 Å². The predicted octanol–water partition coefficient (Wildman–Crippen LogP) is 2.33. The lowest BCUT2D eigenvalue weighted by atomic mass is 10.2. The molecule has 112 valence electrons. The van der Waals surface area contributed by atoms with E-state index in [2.05, 4.69) is 9.71 Å².